The Balaban J connectivity index is 2.04. The van der Waals surface area contributed by atoms with E-state index in [1.807, 2.05) is 18.7 Å². The third-order valence-corrected chi connectivity index (χ3v) is 3.70. The average Bonchev–Trinajstić information content (AvgIpc) is 2.89. The summed E-state index contributed by atoms with van der Waals surface area (Å²) in [4.78, 5) is 30.3. The van der Waals surface area contributed by atoms with Gasteiger partial charge in [0.1, 0.15) is 6.33 Å². The minimum absolute atomic E-state index is 0.348. The fraction of sp³-hybridized carbons (Fsp3) is 0.462. The van der Waals surface area contributed by atoms with Crippen molar-refractivity contribution in [1.29, 1.82) is 0 Å². The van der Waals surface area contributed by atoms with Crippen LogP contribution in [0, 0.1) is 19.8 Å². The van der Waals surface area contributed by atoms with Crippen LogP contribution in [0.4, 0.5) is 5.82 Å². The van der Waals surface area contributed by atoms with Gasteiger partial charge < -0.3 is 10.0 Å². The van der Waals surface area contributed by atoms with Gasteiger partial charge in [-0.1, -0.05) is 0 Å². The molecular formula is C13H15N5O2. The summed E-state index contributed by atoms with van der Waals surface area (Å²) in [5.41, 5.74) is 2.87. The molecule has 0 bridgehead atoms. The molecule has 104 valence electrons. The average molecular weight is 273 g/mol. The highest BCUT2D eigenvalue weighted by atomic mass is 16.4. The molecule has 1 saturated heterocycles. The molecule has 0 aliphatic carbocycles. The Morgan fingerprint density at radius 1 is 1.30 bits per heavy atom. The van der Waals surface area contributed by atoms with E-state index < -0.39 is 5.97 Å². The summed E-state index contributed by atoms with van der Waals surface area (Å²) >= 11 is 0. The van der Waals surface area contributed by atoms with Crippen LogP contribution in [-0.4, -0.2) is 44.1 Å². The monoisotopic (exact) mass is 273 g/mol. The zero-order valence-electron chi connectivity index (χ0n) is 11.4. The van der Waals surface area contributed by atoms with Gasteiger partial charge in [0.05, 0.1) is 17.3 Å². The smallest absolute Gasteiger partial charge is 0.308 e. The lowest BCUT2D eigenvalue weighted by Crippen LogP contribution is -2.24. The second-order valence-electron chi connectivity index (χ2n) is 5.03. The van der Waals surface area contributed by atoms with E-state index in [9.17, 15) is 4.79 Å². The summed E-state index contributed by atoms with van der Waals surface area (Å²) in [6.45, 7) is 4.90. The second-order valence-corrected chi connectivity index (χ2v) is 5.03. The van der Waals surface area contributed by atoms with Gasteiger partial charge in [0.15, 0.2) is 17.0 Å². The standard InChI is InChI=1S/C13H15N5O2/c1-7-8(2)17-11-10(16-7)12(15-6-14-11)18-4-3-9(5-18)13(19)20/h6,9H,3-5H2,1-2H3,(H,19,20). The predicted octanol–water partition coefficient (Wildman–Crippen LogP) is 0.948. The summed E-state index contributed by atoms with van der Waals surface area (Å²) < 4.78 is 0. The zero-order valence-corrected chi connectivity index (χ0v) is 11.4. The third kappa shape index (κ3) is 2.04. The third-order valence-electron chi connectivity index (χ3n) is 3.70. The maximum absolute atomic E-state index is 11.1. The van der Waals surface area contributed by atoms with Crippen LogP contribution in [0.1, 0.15) is 17.8 Å². The van der Waals surface area contributed by atoms with Crippen LogP contribution in [-0.2, 0) is 4.79 Å². The van der Waals surface area contributed by atoms with Crippen molar-refractivity contribution in [3.63, 3.8) is 0 Å². The van der Waals surface area contributed by atoms with Gasteiger partial charge in [0, 0.05) is 13.1 Å². The van der Waals surface area contributed by atoms with Gasteiger partial charge >= 0.3 is 5.97 Å². The van der Waals surface area contributed by atoms with Crippen LogP contribution in [0.25, 0.3) is 11.2 Å². The minimum atomic E-state index is -0.760. The van der Waals surface area contributed by atoms with E-state index in [1.54, 1.807) is 0 Å². The number of hydrogen-bond acceptors (Lipinski definition) is 6. The number of rotatable bonds is 2. The largest absolute Gasteiger partial charge is 0.481 e. The van der Waals surface area contributed by atoms with E-state index in [4.69, 9.17) is 5.11 Å². The first-order valence-corrected chi connectivity index (χ1v) is 6.50. The molecule has 3 rings (SSSR count). The number of carbonyl (C=O) groups is 1. The Hall–Kier alpha value is -2.31. The number of hydrogen-bond donors (Lipinski definition) is 1. The molecule has 0 spiro atoms. The zero-order chi connectivity index (χ0) is 14.3. The first-order chi connectivity index (χ1) is 9.56. The van der Waals surface area contributed by atoms with Gasteiger partial charge in [-0.15, -0.1) is 0 Å². The number of aryl methyl sites for hydroxylation is 2. The number of aromatic nitrogens is 4. The number of carboxylic acids is 1. The molecule has 1 aliphatic rings. The van der Waals surface area contributed by atoms with Gasteiger partial charge in [0.25, 0.3) is 0 Å². The van der Waals surface area contributed by atoms with Crippen molar-refractivity contribution in [1.82, 2.24) is 19.9 Å². The Morgan fingerprint density at radius 3 is 2.75 bits per heavy atom. The molecule has 0 radical (unpaired) electrons. The molecule has 0 saturated carbocycles. The van der Waals surface area contributed by atoms with Gasteiger partial charge in [-0.3, -0.25) is 4.79 Å². The number of nitrogens with zero attached hydrogens (tertiary/aromatic N) is 5. The Labute approximate surface area is 115 Å². The topological polar surface area (TPSA) is 92.1 Å². The lowest BCUT2D eigenvalue weighted by Gasteiger charge is -2.17. The quantitative estimate of drug-likeness (QED) is 0.870. The molecule has 7 heteroatoms. The number of aliphatic carboxylic acids is 1. The van der Waals surface area contributed by atoms with E-state index in [0.717, 1.165) is 11.4 Å². The number of fused-ring (bicyclic) bond motifs is 1. The summed E-state index contributed by atoms with van der Waals surface area (Å²) in [5.74, 6) is -0.433. The highest BCUT2D eigenvalue weighted by Gasteiger charge is 2.30. The van der Waals surface area contributed by atoms with Crippen molar-refractivity contribution >= 4 is 23.0 Å². The minimum Gasteiger partial charge on any atom is -0.481 e. The first kappa shape index (κ1) is 12.7. The van der Waals surface area contributed by atoms with Crippen LogP contribution in [0.2, 0.25) is 0 Å². The van der Waals surface area contributed by atoms with Gasteiger partial charge in [-0.25, -0.2) is 19.9 Å². The Morgan fingerprint density at radius 2 is 2.05 bits per heavy atom. The molecular weight excluding hydrogens is 258 g/mol. The summed E-state index contributed by atoms with van der Waals surface area (Å²) in [6.07, 6.45) is 2.08. The Bertz CT molecular complexity index is 688. The highest BCUT2D eigenvalue weighted by Crippen LogP contribution is 2.26. The van der Waals surface area contributed by atoms with Crippen molar-refractivity contribution in [3.05, 3.63) is 17.7 Å². The van der Waals surface area contributed by atoms with Crippen LogP contribution < -0.4 is 4.90 Å². The predicted molar refractivity (Wildman–Crippen MR) is 72.6 cm³/mol. The van der Waals surface area contributed by atoms with Crippen molar-refractivity contribution in [2.45, 2.75) is 20.3 Å². The molecule has 0 aromatic carbocycles. The van der Waals surface area contributed by atoms with Crippen LogP contribution >= 0.6 is 0 Å². The maximum atomic E-state index is 11.1. The molecule has 1 unspecified atom stereocenters. The van der Waals surface area contributed by atoms with Crippen molar-refractivity contribution in [3.8, 4) is 0 Å². The van der Waals surface area contributed by atoms with E-state index in [0.29, 0.717) is 36.5 Å². The molecule has 1 aliphatic heterocycles. The van der Waals surface area contributed by atoms with Gasteiger partial charge in [-0.05, 0) is 20.3 Å². The van der Waals surface area contributed by atoms with E-state index in [2.05, 4.69) is 19.9 Å². The van der Waals surface area contributed by atoms with E-state index in [1.165, 1.54) is 6.33 Å². The van der Waals surface area contributed by atoms with Crippen molar-refractivity contribution in [2.24, 2.45) is 5.92 Å². The Kier molecular flexibility index (Phi) is 2.96. The lowest BCUT2D eigenvalue weighted by molar-refractivity contribution is -0.140. The number of anilines is 1. The van der Waals surface area contributed by atoms with Gasteiger partial charge in [-0.2, -0.15) is 0 Å². The fourth-order valence-electron chi connectivity index (χ4n) is 2.42. The lowest BCUT2D eigenvalue weighted by atomic mass is 10.1. The summed E-state index contributed by atoms with van der Waals surface area (Å²) in [6, 6.07) is 0. The molecule has 1 N–H and O–H groups in total. The maximum Gasteiger partial charge on any atom is 0.308 e. The fourth-order valence-corrected chi connectivity index (χ4v) is 2.42. The molecule has 3 heterocycles. The molecule has 20 heavy (non-hydrogen) atoms. The van der Waals surface area contributed by atoms with Crippen LogP contribution in [0.3, 0.4) is 0 Å². The summed E-state index contributed by atoms with van der Waals surface area (Å²) in [5, 5.41) is 9.08. The first-order valence-electron chi connectivity index (χ1n) is 6.50. The molecule has 2 aromatic heterocycles. The molecule has 2 aromatic rings. The SMILES string of the molecule is Cc1nc2ncnc(N3CCC(C(=O)O)C3)c2nc1C. The molecule has 1 atom stereocenters. The molecule has 1 fully saturated rings. The number of carboxylic acid groups (broad SMARTS) is 1. The van der Waals surface area contributed by atoms with Crippen molar-refractivity contribution < 1.29 is 9.90 Å². The van der Waals surface area contributed by atoms with Gasteiger partial charge in [0.2, 0.25) is 0 Å². The highest BCUT2D eigenvalue weighted by molar-refractivity contribution is 5.83. The van der Waals surface area contributed by atoms with Crippen LogP contribution in [0.15, 0.2) is 6.33 Å². The molecule has 7 nitrogen and oxygen atoms in total. The van der Waals surface area contributed by atoms with E-state index in [-0.39, 0.29) is 5.92 Å². The summed E-state index contributed by atoms with van der Waals surface area (Å²) in [7, 11) is 0. The van der Waals surface area contributed by atoms with Crippen LogP contribution in [0.5, 0.6) is 0 Å². The van der Waals surface area contributed by atoms with E-state index >= 15 is 0 Å². The second kappa shape index (κ2) is 4.66. The molecule has 0 amide bonds. The normalized spacial score (nSPS) is 18.7. The van der Waals surface area contributed by atoms with Crippen molar-refractivity contribution in [2.75, 3.05) is 18.0 Å².